The molecule has 0 bridgehead atoms. The van der Waals surface area contributed by atoms with Crippen molar-refractivity contribution in [1.29, 1.82) is 0 Å². The van der Waals surface area contributed by atoms with E-state index >= 15 is 0 Å². The van der Waals surface area contributed by atoms with E-state index in [4.69, 9.17) is 14.6 Å². The summed E-state index contributed by atoms with van der Waals surface area (Å²) in [6.45, 7) is 2.13. The fourth-order valence-corrected chi connectivity index (χ4v) is 1.03. The minimum absolute atomic E-state index is 0.0991. The Balaban J connectivity index is 2.32. The molecule has 1 rings (SSSR count). The zero-order valence-corrected chi connectivity index (χ0v) is 8.81. The van der Waals surface area contributed by atoms with Crippen LogP contribution in [0.5, 0.6) is 0 Å². The lowest BCUT2D eigenvalue weighted by molar-refractivity contribution is 0.107. The fourth-order valence-electron chi connectivity index (χ4n) is 1.03. The van der Waals surface area contributed by atoms with E-state index in [0.717, 1.165) is 5.76 Å². The van der Waals surface area contributed by atoms with Gasteiger partial charge in [0.15, 0.2) is 0 Å². The van der Waals surface area contributed by atoms with Gasteiger partial charge in [0.1, 0.15) is 5.76 Å². The van der Waals surface area contributed by atoms with Gasteiger partial charge in [-0.1, -0.05) is 6.08 Å². The van der Waals surface area contributed by atoms with Gasteiger partial charge in [-0.15, -0.1) is 0 Å². The summed E-state index contributed by atoms with van der Waals surface area (Å²) in [5.41, 5.74) is -0.631. The fraction of sp³-hybridized carbons (Fsp3) is 0.455. The van der Waals surface area contributed by atoms with E-state index in [2.05, 4.69) is 5.32 Å². The van der Waals surface area contributed by atoms with E-state index in [-0.39, 0.29) is 13.2 Å². The first kappa shape index (κ1) is 12.0. The van der Waals surface area contributed by atoms with Crippen LogP contribution in [0.15, 0.2) is 28.9 Å². The molecule has 0 aromatic carbocycles. The van der Waals surface area contributed by atoms with Crippen LogP contribution < -0.4 is 5.32 Å². The summed E-state index contributed by atoms with van der Waals surface area (Å²) in [5.74, 6) is 0.784. The summed E-state index contributed by atoms with van der Waals surface area (Å²) in [4.78, 5) is 0. The van der Waals surface area contributed by atoms with Crippen molar-refractivity contribution in [3.05, 3.63) is 30.2 Å². The van der Waals surface area contributed by atoms with Gasteiger partial charge in [0.05, 0.1) is 25.0 Å². The highest BCUT2D eigenvalue weighted by atomic mass is 16.3. The van der Waals surface area contributed by atoms with E-state index in [1.807, 2.05) is 24.3 Å². The van der Waals surface area contributed by atoms with Gasteiger partial charge in [-0.25, -0.2) is 0 Å². The van der Waals surface area contributed by atoms with Crippen molar-refractivity contribution in [2.75, 3.05) is 19.8 Å². The highest BCUT2D eigenvalue weighted by Crippen LogP contribution is 2.03. The van der Waals surface area contributed by atoms with Crippen molar-refractivity contribution >= 4 is 6.08 Å². The molecule has 0 unspecified atom stereocenters. The van der Waals surface area contributed by atoms with Crippen LogP contribution in [-0.2, 0) is 0 Å². The molecule has 0 radical (unpaired) electrons. The number of aliphatic hydroxyl groups excluding tert-OH is 2. The van der Waals surface area contributed by atoms with Crippen LogP contribution in [0.2, 0.25) is 0 Å². The van der Waals surface area contributed by atoms with E-state index in [0.29, 0.717) is 6.54 Å². The lowest BCUT2D eigenvalue weighted by Gasteiger charge is -2.25. The minimum atomic E-state index is -0.631. The van der Waals surface area contributed by atoms with Gasteiger partial charge in [0.25, 0.3) is 0 Å². The second-order valence-electron chi connectivity index (χ2n) is 3.68. The number of aliphatic hydroxyl groups is 2. The number of hydrogen-bond donors (Lipinski definition) is 3. The molecule has 0 atom stereocenters. The SMILES string of the molecule is CC(CO)(CO)NC/C=C/c1ccco1. The summed E-state index contributed by atoms with van der Waals surface area (Å²) in [5, 5.41) is 21.0. The van der Waals surface area contributed by atoms with Gasteiger partial charge in [-0.05, 0) is 25.1 Å². The van der Waals surface area contributed by atoms with E-state index in [1.54, 1.807) is 13.2 Å². The highest BCUT2D eigenvalue weighted by molar-refractivity contribution is 5.42. The van der Waals surface area contributed by atoms with Crippen LogP contribution in [0.3, 0.4) is 0 Å². The first-order chi connectivity index (χ1) is 7.20. The molecular weight excluding hydrogens is 194 g/mol. The van der Waals surface area contributed by atoms with Gasteiger partial charge in [0, 0.05) is 6.54 Å². The third kappa shape index (κ3) is 3.87. The lowest BCUT2D eigenvalue weighted by Crippen LogP contribution is -2.48. The van der Waals surface area contributed by atoms with Crippen LogP contribution in [0.25, 0.3) is 6.08 Å². The smallest absolute Gasteiger partial charge is 0.126 e. The standard InChI is InChI=1S/C11H17NO3/c1-11(8-13,9-14)12-6-2-4-10-5-3-7-15-10/h2-5,7,12-14H,6,8-9H2,1H3/b4-2+. The van der Waals surface area contributed by atoms with E-state index in [1.165, 1.54) is 0 Å². The van der Waals surface area contributed by atoms with Crippen LogP contribution in [0.1, 0.15) is 12.7 Å². The van der Waals surface area contributed by atoms with E-state index in [9.17, 15) is 0 Å². The molecule has 3 N–H and O–H groups in total. The van der Waals surface area contributed by atoms with E-state index < -0.39 is 5.54 Å². The number of furan rings is 1. The molecule has 0 saturated heterocycles. The maximum Gasteiger partial charge on any atom is 0.126 e. The number of hydrogen-bond acceptors (Lipinski definition) is 4. The summed E-state index contributed by atoms with van der Waals surface area (Å²) in [6, 6.07) is 3.67. The first-order valence-electron chi connectivity index (χ1n) is 4.87. The van der Waals surface area contributed by atoms with Gasteiger partial charge < -0.3 is 19.9 Å². The molecule has 4 heteroatoms. The van der Waals surface area contributed by atoms with Crippen molar-refractivity contribution in [2.24, 2.45) is 0 Å². The average Bonchev–Trinajstić information content (AvgIpc) is 2.77. The van der Waals surface area contributed by atoms with Crippen molar-refractivity contribution in [3.63, 3.8) is 0 Å². The van der Waals surface area contributed by atoms with Crippen molar-refractivity contribution in [2.45, 2.75) is 12.5 Å². The van der Waals surface area contributed by atoms with Crippen molar-refractivity contribution in [1.82, 2.24) is 5.32 Å². The molecule has 84 valence electrons. The van der Waals surface area contributed by atoms with Crippen molar-refractivity contribution < 1.29 is 14.6 Å². The molecule has 1 heterocycles. The maximum atomic E-state index is 9.00. The number of rotatable bonds is 6. The first-order valence-corrected chi connectivity index (χ1v) is 4.87. The molecule has 0 aliphatic heterocycles. The minimum Gasteiger partial charge on any atom is -0.465 e. The normalized spacial score (nSPS) is 12.5. The second kappa shape index (κ2) is 5.70. The third-order valence-corrected chi connectivity index (χ3v) is 2.17. The van der Waals surface area contributed by atoms with Crippen LogP contribution in [-0.4, -0.2) is 35.5 Å². The second-order valence-corrected chi connectivity index (χ2v) is 3.68. The van der Waals surface area contributed by atoms with Gasteiger partial charge in [0.2, 0.25) is 0 Å². The predicted molar refractivity (Wildman–Crippen MR) is 58.3 cm³/mol. The third-order valence-electron chi connectivity index (χ3n) is 2.17. The average molecular weight is 211 g/mol. The predicted octanol–water partition coefficient (Wildman–Crippen LogP) is 0.626. The highest BCUT2D eigenvalue weighted by Gasteiger charge is 2.19. The summed E-state index contributed by atoms with van der Waals surface area (Å²) in [6.07, 6.45) is 5.32. The molecule has 0 aliphatic carbocycles. The zero-order chi connectivity index (χ0) is 11.1. The molecule has 0 spiro atoms. The van der Waals surface area contributed by atoms with Gasteiger partial charge in [-0.2, -0.15) is 0 Å². The molecule has 1 aromatic rings. The van der Waals surface area contributed by atoms with Gasteiger partial charge in [-0.3, -0.25) is 0 Å². The summed E-state index contributed by atoms with van der Waals surface area (Å²) < 4.78 is 5.10. The van der Waals surface area contributed by atoms with Crippen LogP contribution in [0.4, 0.5) is 0 Å². The Morgan fingerprint density at radius 2 is 2.20 bits per heavy atom. The molecule has 0 saturated carbocycles. The quantitative estimate of drug-likeness (QED) is 0.645. The molecule has 4 nitrogen and oxygen atoms in total. The lowest BCUT2D eigenvalue weighted by atomic mass is 10.1. The monoisotopic (exact) mass is 211 g/mol. The summed E-state index contributed by atoms with van der Waals surface area (Å²) in [7, 11) is 0. The largest absolute Gasteiger partial charge is 0.465 e. The molecule has 0 fully saturated rings. The summed E-state index contributed by atoms with van der Waals surface area (Å²) >= 11 is 0. The molecule has 15 heavy (non-hydrogen) atoms. The maximum absolute atomic E-state index is 9.00. The Kier molecular flexibility index (Phi) is 4.55. The topological polar surface area (TPSA) is 65.6 Å². The molecule has 0 amide bonds. The molecule has 1 aromatic heterocycles. The Morgan fingerprint density at radius 1 is 1.47 bits per heavy atom. The van der Waals surface area contributed by atoms with Gasteiger partial charge >= 0.3 is 0 Å². The number of nitrogens with one attached hydrogen (secondary N) is 1. The molecule has 0 aliphatic rings. The Bertz CT molecular complexity index is 289. The Labute approximate surface area is 89.2 Å². The molecular formula is C11H17NO3. The Hall–Kier alpha value is -1.10. The van der Waals surface area contributed by atoms with Crippen molar-refractivity contribution in [3.8, 4) is 0 Å². The zero-order valence-electron chi connectivity index (χ0n) is 8.81. The Morgan fingerprint density at radius 3 is 2.73 bits per heavy atom. The van der Waals surface area contributed by atoms with Crippen LogP contribution in [0, 0.1) is 0 Å². The van der Waals surface area contributed by atoms with Crippen LogP contribution >= 0.6 is 0 Å².